The summed E-state index contributed by atoms with van der Waals surface area (Å²) in [5.41, 5.74) is 5.34. The first-order valence-electron chi connectivity index (χ1n) is 7.90. The van der Waals surface area contributed by atoms with Crippen molar-refractivity contribution >= 4 is 17.8 Å². The van der Waals surface area contributed by atoms with Gasteiger partial charge in [0.1, 0.15) is 11.9 Å². The minimum Gasteiger partial charge on any atom is -0.374 e. The van der Waals surface area contributed by atoms with Gasteiger partial charge in [-0.15, -0.1) is 0 Å². The number of hydrogen-bond donors (Lipinski definition) is 2. The van der Waals surface area contributed by atoms with Crippen molar-refractivity contribution in [1.29, 1.82) is 0 Å². The number of rotatable bonds is 6. The molecule has 0 heterocycles. The predicted molar refractivity (Wildman–Crippen MR) is 95.8 cm³/mol. The van der Waals surface area contributed by atoms with Crippen LogP contribution in [-0.2, 0) is 4.79 Å². The van der Waals surface area contributed by atoms with Crippen LogP contribution in [0.2, 0.25) is 0 Å². The fraction of sp³-hybridized carbons (Fsp3) is 0.263. The molecule has 24 heavy (non-hydrogen) atoms. The zero-order chi connectivity index (χ0) is 17.5. The molecule has 126 valence electrons. The van der Waals surface area contributed by atoms with Crippen molar-refractivity contribution < 1.29 is 9.18 Å². The summed E-state index contributed by atoms with van der Waals surface area (Å²) >= 11 is 0. The van der Waals surface area contributed by atoms with Crippen LogP contribution >= 0.6 is 0 Å². The largest absolute Gasteiger partial charge is 0.374 e. The van der Waals surface area contributed by atoms with E-state index in [2.05, 4.69) is 29.7 Å². The topological polar surface area (TPSA) is 53.5 Å². The van der Waals surface area contributed by atoms with Crippen LogP contribution in [0.1, 0.15) is 37.8 Å². The SMILES string of the molecule is CC(C)c1ccc(/C=N\NC(=O)[C@@H](C)Nc2ccc(F)cc2)cc1. The lowest BCUT2D eigenvalue weighted by Crippen LogP contribution is -2.34. The summed E-state index contributed by atoms with van der Waals surface area (Å²) in [6.45, 7) is 5.99. The van der Waals surface area contributed by atoms with Gasteiger partial charge in [0.2, 0.25) is 0 Å². The van der Waals surface area contributed by atoms with Gasteiger partial charge in [0.25, 0.3) is 5.91 Å². The van der Waals surface area contributed by atoms with Gasteiger partial charge in [0.15, 0.2) is 0 Å². The number of carbonyl (C=O) groups excluding carboxylic acids is 1. The molecule has 1 amide bonds. The number of nitrogens with one attached hydrogen (secondary N) is 2. The first-order valence-corrected chi connectivity index (χ1v) is 7.90. The van der Waals surface area contributed by atoms with E-state index in [9.17, 15) is 9.18 Å². The Hall–Kier alpha value is -2.69. The molecular weight excluding hydrogens is 305 g/mol. The fourth-order valence-electron chi connectivity index (χ4n) is 2.10. The van der Waals surface area contributed by atoms with Crippen LogP contribution in [0.5, 0.6) is 0 Å². The molecule has 4 nitrogen and oxygen atoms in total. The third-order valence-corrected chi connectivity index (χ3v) is 3.61. The maximum Gasteiger partial charge on any atom is 0.262 e. The number of benzene rings is 2. The highest BCUT2D eigenvalue weighted by molar-refractivity contribution is 5.86. The number of nitrogens with zero attached hydrogens (tertiary/aromatic N) is 1. The Morgan fingerprint density at radius 1 is 1.04 bits per heavy atom. The van der Waals surface area contributed by atoms with Gasteiger partial charge in [-0.25, -0.2) is 9.82 Å². The second-order valence-corrected chi connectivity index (χ2v) is 5.93. The average molecular weight is 327 g/mol. The minimum absolute atomic E-state index is 0.269. The quantitative estimate of drug-likeness (QED) is 0.624. The molecule has 1 atom stereocenters. The Labute approximate surface area is 141 Å². The van der Waals surface area contributed by atoms with Crippen molar-refractivity contribution in [3.63, 3.8) is 0 Å². The molecule has 2 aromatic carbocycles. The van der Waals surface area contributed by atoms with E-state index in [1.807, 2.05) is 24.3 Å². The summed E-state index contributed by atoms with van der Waals surface area (Å²) in [5, 5.41) is 6.95. The molecule has 5 heteroatoms. The van der Waals surface area contributed by atoms with Crippen LogP contribution in [0.25, 0.3) is 0 Å². The summed E-state index contributed by atoms with van der Waals surface area (Å²) < 4.78 is 12.9. The number of hydrazone groups is 1. The lowest BCUT2D eigenvalue weighted by molar-refractivity contribution is -0.121. The Kier molecular flexibility index (Phi) is 6.07. The van der Waals surface area contributed by atoms with Crippen molar-refractivity contribution in [2.24, 2.45) is 5.10 Å². The minimum atomic E-state index is -0.490. The third-order valence-electron chi connectivity index (χ3n) is 3.61. The van der Waals surface area contributed by atoms with Gasteiger partial charge in [-0.1, -0.05) is 38.1 Å². The number of halogens is 1. The van der Waals surface area contributed by atoms with E-state index in [4.69, 9.17) is 0 Å². The summed E-state index contributed by atoms with van der Waals surface area (Å²) in [7, 11) is 0. The summed E-state index contributed by atoms with van der Waals surface area (Å²) in [4.78, 5) is 12.0. The average Bonchev–Trinajstić information content (AvgIpc) is 2.57. The Bertz CT molecular complexity index is 694. The second kappa shape index (κ2) is 8.24. The lowest BCUT2D eigenvalue weighted by Gasteiger charge is -2.13. The van der Waals surface area contributed by atoms with Crippen LogP contribution in [0.15, 0.2) is 53.6 Å². The van der Waals surface area contributed by atoms with Crippen LogP contribution in [0.4, 0.5) is 10.1 Å². The predicted octanol–water partition coefficient (Wildman–Crippen LogP) is 3.90. The highest BCUT2D eigenvalue weighted by Gasteiger charge is 2.11. The van der Waals surface area contributed by atoms with E-state index < -0.39 is 6.04 Å². The first kappa shape index (κ1) is 17.7. The molecule has 0 saturated carbocycles. The molecule has 0 radical (unpaired) electrons. The van der Waals surface area contributed by atoms with Crippen molar-refractivity contribution in [3.05, 3.63) is 65.5 Å². The molecular formula is C19H22FN3O. The standard InChI is InChI=1S/C19H22FN3O/c1-13(2)16-6-4-15(5-7-16)12-21-23-19(24)14(3)22-18-10-8-17(20)9-11-18/h4-14,22H,1-3H3,(H,23,24)/b21-12-/t14-/m1/s1. The maximum absolute atomic E-state index is 12.9. The highest BCUT2D eigenvalue weighted by atomic mass is 19.1. The van der Waals surface area contributed by atoms with E-state index >= 15 is 0 Å². The van der Waals surface area contributed by atoms with Gasteiger partial charge in [-0.3, -0.25) is 4.79 Å². The van der Waals surface area contributed by atoms with E-state index in [0.717, 1.165) is 5.56 Å². The van der Waals surface area contributed by atoms with Crippen LogP contribution < -0.4 is 10.7 Å². The van der Waals surface area contributed by atoms with Crippen LogP contribution in [0.3, 0.4) is 0 Å². The van der Waals surface area contributed by atoms with E-state index in [1.165, 1.54) is 17.7 Å². The molecule has 0 unspecified atom stereocenters. The van der Waals surface area contributed by atoms with Gasteiger partial charge in [0, 0.05) is 5.69 Å². The normalized spacial score (nSPS) is 12.4. The molecule has 2 aromatic rings. The molecule has 2 rings (SSSR count). The van der Waals surface area contributed by atoms with Crippen LogP contribution in [0, 0.1) is 5.82 Å². The van der Waals surface area contributed by atoms with Crippen molar-refractivity contribution in [3.8, 4) is 0 Å². The van der Waals surface area contributed by atoms with Gasteiger partial charge in [-0.2, -0.15) is 5.10 Å². The Morgan fingerprint density at radius 3 is 2.25 bits per heavy atom. The Morgan fingerprint density at radius 2 is 1.67 bits per heavy atom. The van der Waals surface area contributed by atoms with Crippen molar-refractivity contribution in [2.75, 3.05) is 5.32 Å². The number of amides is 1. The number of anilines is 1. The van der Waals surface area contributed by atoms with E-state index in [-0.39, 0.29) is 11.7 Å². The maximum atomic E-state index is 12.9. The van der Waals surface area contributed by atoms with E-state index in [0.29, 0.717) is 11.6 Å². The molecule has 0 aromatic heterocycles. The molecule has 0 aliphatic carbocycles. The van der Waals surface area contributed by atoms with Gasteiger partial charge < -0.3 is 5.32 Å². The molecule has 0 aliphatic heterocycles. The van der Waals surface area contributed by atoms with E-state index in [1.54, 1.807) is 25.3 Å². The van der Waals surface area contributed by atoms with Crippen LogP contribution in [-0.4, -0.2) is 18.2 Å². The Balaban J connectivity index is 1.86. The van der Waals surface area contributed by atoms with Crippen molar-refractivity contribution in [1.82, 2.24) is 5.43 Å². The highest BCUT2D eigenvalue weighted by Crippen LogP contribution is 2.14. The summed E-state index contributed by atoms with van der Waals surface area (Å²) in [5.74, 6) is -0.103. The molecule has 0 spiro atoms. The third kappa shape index (κ3) is 5.19. The van der Waals surface area contributed by atoms with Crippen molar-refractivity contribution in [2.45, 2.75) is 32.7 Å². The fourth-order valence-corrected chi connectivity index (χ4v) is 2.10. The zero-order valence-corrected chi connectivity index (χ0v) is 14.1. The smallest absolute Gasteiger partial charge is 0.262 e. The van der Waals surface area contributed by atoms with Gasteiger partial charge >= 0.3 is 0 Å². The van der Waals surface area contributed by atoms with Gasteiger partial charge in [0.05, 0.1) is 6.21 Å². The monoisotopic (exact) mass is 327 g/mol. The lowest BCUT2D eigenvalue weighted by atomic mass is 10.0. The summed E-state index contributed by atoms with van der Waals surface area (Å²) in [6.07, 6.45) is 1.60. The molecule has 0 bridgehead atoms. The number of hydrogen-bond acceptors (Lipinski definition) is 3. The molecule has 2 N–H and O–H groups in total. The molecule has 0 saturated heterocycles. The zero-order valence-electron chi connectivity index (χ0n) is 14.1. The molecule has 0 fully saturated rings. The van der Waals surface area contributed by atoms with Gasteiger partial charge in [-0.05, 0) is 48.2 Å². The summed E-state index contributed by atoms with van der Waals surface area (Å²) in [6, 6.07) is 13.4. The first-order chi connectivity index (χ1) is 11.5. The second-order valence-electron chi connectivity index (χ2n) is 5.93. The number of carbonyl (C=O) groups is 1. The molecule has 0 aliphatic rings.